The van der Waals surface area contributed by atoms with Gasteiger partial charge in [-0.1, -0.05) is 30.3 Å². The molecule has 0 bridgehead atoms. The number of ether oxygens (including phenoxy) is 2. The fourth-order valence-electron chi connectivity index (χ4n) is 3.11. The third-order valence-corrected chi connectivity index (χ3v) is 4.56. The van der Waals surface area contributed by atoms with Gasteiger partial charge in [0, 0.05) is 19.6 Å². The Morgan fingerprint density at radius 1 is 1.08 bits per heavy atom. The number of piperazine rings is 1. The smallest absolute Gasteiger partial charge is 0.410 e. The van der Waals surface area contributed by atoms with Crippen molar-refractivity contribution in [2.45, 2.75) is 51.4 Å². The molecule has 25 heavy (non-hydrogen) atoms. The van der Waals surface area contributed by atoms with Crippen LogP contribution in [-0.4, -0.2) is 52.8 Å². The van der Waals surface area contributed by atoms with E-state index in [-0.39, 0.29) is 24.3 Å². The topological polar surface area (TPSA) is 59.1 Å². The average molecular weight is 346 g/mol. The maximum Gasteiger partial charge on any atom is 0.410 e. The van der Waals surface area contributed by atoms with Crippen molar-refractivity contribution in [1.29, 1.82) is 0 Å². The molecule has 0 atom stereocenters. The third-order valence-electron chi connectivity index (χ3n) is 4.56. The molecule has 3 rings (SSSR count). The van der Waals surface area contributed by atoms with Gasteiger partial charge in [0.15, 0.2) is 0 Å². The molecule has 1 aliphatic heterocycles. The first-order valence-corrected chi connectivity index (χ1v) is 8.75. The van der Waals surface area contributed by atoms with E-state index in [9.17, 15) is 9.59 Å². The zero-order valence-electron chi connectivity index (χ0n) is 15.2. The number of hydrogen-bond donors (Lipinski definition) is 0. The Morgan fingerprint density at radius 3 is 2.36 bits per heavy atom. The standard InChI is InChI=1S/C19H26N2O4/c1-18(2,3)25-16(22)20-11-12-21(19(14-20)9-10-19)17(23)24-13-15-7-5-4-6-8-15/h4-8H,9-14H2,1-3H3. The van der Waals surface area contributed by atoms with Crippen molar-refractivity contribution < 1.29 is 19.1 Å². The Kier molecular flexibility index (Phi) is 4.62. The van der Waals surface area contributed by atoms with Crippen LogP contribution in [0.25, 0.3) is 0 Å². The van der Waals surface area contributed by atoms with Crippen LogP contribution in [0.5, 0.6) is 0 Å². The summed E-state index contributed by atoms with van der Waals surface area (Å²) in [6.07, 6.45) is 1.18. The second-order valence-corrected chi connectivity index (χ2v) is 7.82. The number of benzene rings is 1. The lowest BCUT2D eigenvalue weighted by Crippen LogP contribution is -2.58. The predicted octanol–water partition coefficient (Wildman–Crippen LogP) is 3.41. The molecule has 0 aromatic heterocycles. The average Bonchev–Trinajstić information content (AvgIpc) is 3.31. The van der Waals surface area contributed by atoms with Crippen LogP contribution in [0.3, 0.4) is 0 Å². The van der Waals surface area contributed by atoms with Gasteiger partial charge in [-0.3, -0.25) is 4.90 Å². The first-order chi connectivity index (χ1) is 11.8. The largest absolute Gasteiger partial charge is 0.445 e. The fraction of sp³-hybridized carbons (Fsp3) is 0.579. The molecule has 2 amide bonds. The van der Waals surface area contributed by atoms with Crippen LogP contribution >= 0.6 is 0 Å². The van der Waals surface area contributed by atoms with E-state index >= 15 is 0 Å². The highest BCUT2D eigenvalue weighted by atomic mass is 16.6. The van der Waals surface area contributed by atoms with Crippen LogP contribution in [-0.2, 0) is 16.1 Å². The molecule has 1 aromatic rings. The van der Waals surface area contributed by atoms with E-state index < -0.39 is 5.60 Å². The van der Waals surface area contributed by atoms with Crippen molar-refractivity contribution in [2.24, 2.45) is 0 Å². The first kappa shape index (κ1) is 17.6. The van der Waals surface area contributed by atoms with Crippen molar-refractivity contribution in [2.75, 3.05) is 19.6 Å². The fourth-order valence-corrected chi connectivity index (χ4v) is 3.11. The zero-order valence-corrected chi connectivity index (χ0v) is 15.2. The zero-order chi connectivity index (χ0) is 18.1. The van der Waals surface area contributed by atoms with Crippen molar-refractivity contribution >= 4 is 12.2 Å². The Labute approximate surface area is 148 Å². The third kappa shape index (κ3) is 4.24. The molecule has 136 valence electrons. The Morgan fingerprint density at radius 2 is 1.76 bits per heavy atom. The lowest BCUT2D eigenvalue weighted by Gasteiger charge is -2.41. The summed E-state index contributed by atoms with van der Waals surface area (Å²) in [5, 5.41) is 0. The summed E-state index contributed by atoms with van der Waals surface area (Å²) < 4.78 is 10.9. The normalized spacial score (nSPS) is 18.8. The van der Waals surface area contributed by atoms with Gasteiger partial charge in [0.25, 0.3) is 0 Å². The molecule has 2 fully saturated rings. The molecule has 6 nitrogen and oxygen atoms in total. The molecule has 0 N–H and O–H groups in total. The van der Waals surface area contributed by atoms with Crippen molar-refractivity contribution in [3.8, 4) is 0 Å². The van der Waals surface area contributed by atoms with Crippen LogP contribution in [0.15, 0.2) is 30.3 Å². The summed E-state index contributed by atoms with van der Waals surface area (Å²) in [7, 11) is 0. The van der Waals surface area contributed by atoms with E-state index in [1.54, 1.807) is 9.80 Å². The molecule has 1 heterocycles. The van der Waals surface area contributed by atoms with Gasteiger partial charge in [-0.2, -0.15) is 0 Å². The van der Waals surface area contributed by atoms with Crippen molar-refractivity contribution in [3.05, 3.63) is 35.9 Å². The molecule has 1 aliphatic carbocycles. The van der Waals surface area contributed by atoms with Gasteiger partial charge >= 0.3 is 12.2 Å². The van der Waals surface area contributed by atoms with E-state index in [0.717, 1.165) is 18.4 Å². The Balaban J connectivity index is 1.56. The van der Waals surface area contributed by atoms with Crippen LogP contribution in [0.2, 0.25) is 0 Å². The van der Waals surface area contributed by atoms with Gasteiger partial charge in [0.05, 0.1) is 5.54 Å². The summed E-state index contributed by atoms with van der Waals surface area (Å²) in [5.74, 6) is 0. The summed E-state index contributed by atoms with van der Waals surface area (Å²) >= 11 is 0. The number of hydrogen-bond acceptors (Lipinski definition) is 4. The van der Waals surface area contributed by atoms with E-state index in [4.69, 9.17) is 9.47 Å². The highest BCUT2D eigenvalue weighted by molar-refractivity contribution is 5.72. The summed E-state index contributed by atoms with van der Waals surface area (Å²) in [6, 6.07) is 9.64. The minimum atomic E-state index is -0.514. The van der Waals surface area contributed by atoms with E-state index in [2.05, 4.69) is 0 Å². The molecular weight excluding hydrogens is 320 g/mol. The van der Waals surface area contributed by atoms with Crippen LogP contribution in [0, 0.1) is 0 Å². The molecule has 0 radical (unpaired) electrons. The molecule has 6 heteroatoms. The number of carbonyl (C=O) groups is 2. The maximum atomic E-state index is 12.5. The van der Waals surface area contributed by atoms with Crippen LogP contribution < -0.4 is 0 Å². The van der Waals surface area contributed by atoms with E-state index in [1.165, 1.54) is 0 Å². The number of carbonyl (C=O) groups excluding carboxylic acids is 2. The number of rotatable bonds is 2. The van der Waals surface area contributed by atoms with Gasteiger partial charge in [0.2, 0.25) is 0 Å². The molecular formula is C19H26N2O4. The van der Waals surface area contributed by atoms with Gasteiger partial charge in [0.1, 0.15) is 12.2 Å². The first-order valence-electron chi connectivity index (χ1n) is 8.75. The molecule has 1 spiro atoms. The Hall–Kier alpha value is -2.24. The van der Waals surface area contributed by atoms with Crippen molar-refractivity contribution in [1.82, 2.24) is 9.80 Å². The molecule has 1 saturated carbocycles. The van der Waals surface area contributed by atoms with Gasteiger partial charge in [-0.05, 0) is 39.2 Å². The molecule has 1 saturated heterocycles. The van der Waals surface area contributed by atoms with Gasteiger partial charge in [-0.15, -0.1) is 0 Å². The maximum absolute atomic E-state index is 12.5. The SMILES string of the molecule is CC(C)(C)OC(=O)N1CCN(C(=O)OCc2ccccc2)C2(CC2)C1. The summed E-state index contributed by atoms with van der Waals surface area (Å²) in [4.78, 5) is 28.3. The lowest BCUT2D eigenvalue weighted by atomic mass is 10.1. The minimum Gasteiger partial charge on any atom is -0.445 e. The Bertz CT molecular complexity index is 635. The van der Waals surface area contributed by atoms with E-state index in [1.807, 2.05) is 51.1 Å². The summed E-state index contributed by atoms with van der Waals surface area (Å²) in [6.45, 7) is 7.30. The highest BCUT2D eigenvalue weighted by Crippen LogP contribution is 2.44. The van der Waals surface area contributed by atoms with Gasteiger partial charge < -0.3 is 14.4 Å². The predicted molar refractivity (Wildman–Crippen MR) is 93.1 cm³/mol. The summed E-state index contributed by atoms with van der Waals surface area (Å²) in [5.41, 5.74) is 0.177. The number of amides is 2. The van der Waals surface area contributed by atoms with Gasteiger partial charge in [-0.25, -0.2) is 9.59 Å². The molecule has 0 unspecified atom stereocenters. The van der Waals surface area contributed by atoms with Crippen molar-refractivity contribution in [3.63, 3.8) is 0 Å². The van der Waals surface area contributed by atoms with Crippen LogP contribution in [0.1, 0.15) is 39.2 Å². The second-order valence-electron chi connectivity index (χ2n) is 7.82. The monoisotopic (exact) mass is 346 g/mol. The highest BCUT2D eigenvalue weighted by Gasteiger charge is 2.55. The van der Waals surface area contributed by atoms with E-state index in [0.29, 0.717) is 19.6 Å². The molecule has 2 aliphatic rings. The second kappa shape index (κ2) is 6.58. The molecule has 1 aromatic carbocycles. The van der Waals surface area contributed by atoms with Crippen LogP contribution in [0.4, 0.5) is 9.59 Å². The minimum absolute atomic E-state index is 0.266. The lowest BCUT2D eigenvalue weighted by molar-refractivity contribution is -0.00324. The number of nitrogens with zero attached hydrogens (tertiary/aromatic N) is 2. The quantitative estimate of drug-likeness (QED) is 0.823.